The molecule has 1 N–H and O–H groups in total. The Labute approximate surface area is 140 Å². The number of alkyl halides is 1. The summed E-state index contributed by atoms with van der Waals surface area (Å²) < 4.78 is 43.0. The van der Waals surface area contributed by atoms with E-state index < -0.39 is 32.5 Å². The zero-order valence-electron chi connectivity index (χ0n) is 11.4. The summed E-state index contributed by atoms with van der Waals surface area (Å²) in [6.45, 7) is -0.172. The Morgan fingerprint density at radius 1 is 1.35 bits per heavy atom. The maximum atomic E-state index is 13.7. The van der Waals surface area contributed by atoms with Crippen LogP contribution in [0.4, 0.5) is 4.39 Å². The Balaban J connectivity index is 2.17. The number of rotatable bonds is 6. The summed E-state index contributed by atoms with van der Waals surface area (Å²) in [5, 5.41) is 8.51. The fourth-order valence-electron chi connectivity index (χ4n) is 1.58. The van der Waals surface area contributed by atoms with Gasteiger partial charge in [-0.15, -0.1) is 16.7 Å². The monoisotopic (exact) mass is 381 g/mol. The van der Waals surface area contributed by atoms with Crippen LogP contribution in [0.1, 0.15) is 11.5 Å². The lowest BCUT2D eigenvalue weighted by Crippen LogP contribution is -2.23. The molecule has 2 rings (SSSR count). The molecule has 0 atom stereocenters. The summed E-state index contributed by atoms with van der Waals surface area (Å²) in [7, 11) is -4.09. The Bertz CT molecular complexity index is 805. The van der Waals surface area contributed by atoms with Crippen molar-refractivity contribution >= 4 is 38.9 Å². The molecule has 124 valence electrons. The van der Waals surface area contributed by atoms with Crippen LogP contribution in [0, 0.1) is 5.82 Å². The van der Waals surface area contributed by atoms with Crippen LogP contribution < -0.4 is 5.32 Å². The van der Waals surface area contributed by atoms with Crippen molar-refractivity contribution < 1.29 is 22.0 Å². The summed E-state index contributed by atoms with van der Waals surface area (Å²) in [5.41, 5.74) is -0.190. The summed E-state index contributed by atoms with van der Waals surface area (Å²) >= 11 is 11.1. The third-order valence-electron chi connectivity index (χ3n) is 2.67. The van der Waals surface area contributed by atoms with E-state index in [1.165, 1.54) is 12.1 Å². The van der Waals surface area contributed by atoms with Gasteiger partial charge in [0, 0.05) is 10.6 Å². The van der Waals surface area contributed by atoms with E-state index in [1.54, 1.807) is 0 Å². The quantitative estimate of drug-likeness (QED) is 0.763. The Kier molecular flexibility index (Phi) is 5.55. The van der Waals surface area contributed by atoms with Gasteiger partial charge < -0.3 is 9.73 Å². The molecule has 0 aliphatic rings. The number of hydrogen-bond acceptors (Lipinski definition) is 6. The largest absolute Gasteiger partial charge is 0.411 e. The third-order valence-corrected chi connectivity index (χ3v) is 4.63. The second-order valence-corrected chi connectivity index (χ2v) is 6.87. The number of carbonyl (C=O) groups excluding carboxylic acids is 1. The average Bonchev–Trinajstić information content (AvgIpc) is 2.98. The van der Waals surface area contributed by atoms with Gasteiger partial charge in [0.15, 0.2) is 0 Å². The number of nitrogens with zero attached hydrogens (tertiary/aromatic N) is 2. The molecule has 1 amide bonds. The lowest BCUT2D eigenvalue weighted by atomic mass is 10.2. The Morgan fingerprint density at radius 3 is 2.74 bits per heavy atom. The minimum absolute atomic E-state index is 0.0253. The summed E-state index contributed by atoms with van der Waals surface area (Å²) in [6.07, 6.45) is 0. The first kappa shape index (κ1) is 17.6. The van der Waals surface area contributed by atoms with Crippen LogP contribution in [0.15, 0.2) is 27.8 Å². The molecule has 0 radical (unpaired) electrons. The zero-order chi connectivity index (χ0) is 17.0. The number of hydrogen-bond donors (Lipinski definition) is 1. The van der Waals surface area contributed by atoms with E-state index in [1.807, 2.05) is 0 Å². The van der Waals surface area contributed by atoms with Crippen LogP contribution >= 0.6 is 23.2 Å². The number of carbonyl (C=O) groups is 1. The van der Waals surface area contributed by atoms with Crippen LogP contribution in [-0.2, 0) is 26.9 Å². The van der Waals surface area contributed by atoms with E-state index in [2.05, 4.69) is 15.5 Å². The molecular formula is C12H10Cl2FN3O4S. The van der Waals surface area contributed by atoms with Gasteiger partial charge in [-0.05, 0) is 12.1 Å². The molecule has 0 aliphatic heterocycles. The van der Waals surface area contributed by atoms with E-state index in [9.17, 15) is 17.6 Å². The van der Waals surface area contributed by atoms with E-state index >= 15 is 0 Å². The summed E-state index contributed by atoms with van der Waals surface area (Å²) in [6, 6.07) is 3.83. The fraction of sp³-hybridized carbons (Fsp3) is 0.250. The maximum Gasteiger partial charge on any atom is 0.335 e. The molecule has 0 spiro atoms. The van der Waals surface area contributed by atoms with E-state index in [-0.39, 0.29) is 28.9 Å². The third kappa shape index (κ3) is 4.40. The van der Waals surface area contributed by atoms with Gasteiger partial charge in [0.25, 0.3) is 0 Å². The van der Waals surface area contributed by atoms with Crippen molar-refractivity contribution in [1.82, 2.24) is 15.5 Å². The highest BCUT2D eigenvalue weighted by atomic mass is 35.5. The number of sulfone groups is 1. The number of halogens is 3. The molecule has 7 nitrogen and oxygen atoms in total. The van der Waals surface area contributed by atoms with Gasteiger partial charge in [-0.2, -0.15) is 0 Å². The van der Waals surface area contributed by atoms with Gasteiger partial charge in [-0.25, -0.2) is 12.8 Å². The van der Waals surface area contributed by atoms with E-state index in [0.29, 0.717) is 0 Å². The van der Waals surface area contributed by atoms with Gasteiger partial charge >= 0.3 is 5.22 Å². The first-order chi connectivity index (χ1) is 10.8. The fourth-order valence-corrected chi connectivity index (χ4v) is 3.17. The van der Waals surface area contributed by atoms with Crippen molar-refractivity contribution in [2.24, 2.45) is 0 Å². The maximum absolute atomic E-state index is 13.7. The van der Waals surface area contributed by atoms with Crippen LogP contribution in [-0.4, -0.2) is 30.4 Å². The van der Waals surface area contributed by atoms with Crippen LogP contribution in [0.5, 0.6) is 0 Å². The van der Waals surface area contributed by atoms with Crippen LogP contribution in [0.3, 0.4) is 0 Å². The van der Waals surface area contributed by atoms with Crippen molar-refractivity contribution in [3.05, 3.63) is 40.5 Å². The molecule has 0 unspecified atom stereocenters. The molecule has 23 heavy (non-hydrogen) atoms. The second kappa shape index (κ2) is 7.24. The molecule has 2 aromatic rings. The SMILES string of the molecule is O=C(CCl)NCc1nnc(S(=O)(=O)Cc2c(F)cccc2Cl)o1. The number of benzene rings is 1. The molecular weight excluding hydrogens is 372 g/mol. The number of nitrogens with one attached hydrogen (secondary N) is 1. The van der Waals surface area contributed by atoms with Crippen LogP contribution in [0.2, 0.25) is 5.02 Å². The Hall–Kier alpha value is -1.71. The lowest BCUT2D eigenvalue weighted by molar-refractivity contribution is -0.118. The Morgan fingerprint density at radius 2 is 2.09 bits per heavy atom. The molecule has 0 aliphatic carbocycles. The summed E-state index contributed by atoms with van der Waals surface area (Å²) in [4.78, 5) is 11.0. The predicted octanol–water partition coefficient (Wildman–Crippen LogP) is 1.69. The smallest absolute Gasteiger partial charge is 0.335 e. The minimum Gasteiger partial charge on any atom is -0.411 e. The molecule has 1 aromatic carbocycles. The zero-order valence-corrected chi connectivity index (χ0v) is 13.8. The van der Waals surface area contributed by atoms with Gasteiger partial charge in [0.2, 0.25) is 21.6 Å². The van der Waals surface area contributed by atoms with Gasteiger partial charge in [0.1, 0.15) is 11.7 Å². The lowest BCUT2D eigenvalue weighted by Gasteiger charge is -2.04. The molecule has 0 saturated heterocycles. The highest BCUT2D eigenvalue weighted by Crippen LogP contribution is 2.24. The molecule has 1 aromatic heterocycles. The molecule has 0 fully saturated rings. The van der Waals surface area contributed by atoms with Crippen molar-refractivity contribution in [3.63, 3.8) is 0 Å². The topological polar surface area (TPSA) is 102 Å². The first-order valence-electron chi connectivity index (χ1n) is 6.14. The predicted molar refractivity (Wildman–Crippen MR) is 79.2 cm³/mol. The number of amides is 1. The summed E-state index contributed by atoms with van der Waals surface area (Å²) in [5.74, 6) is -2.34. The second-order valence-electron chi connectivity index (χ2n) is 4.33. The number of aromatic nitrogens is 2. The van der Waals surface area contributed by atoms with E-state index in [4.69, 9.17) is 27.6 Å². The van der Waals surface area contributed by atoms with Gasteiger partial charge in [-0.1, -0.05) is 22.8 Å². The van der Waals surface area contributed by atoms with Gasteiger partial charge in [-0.3, -0.25) is 4.79 Å². The van der Waals surface area contributed by atoms with Gasteiger partial charge in [0.05, 0.1) is 12.3 Å². The molecule has 1 heterocycles. The molecule has 0 bridgehead atoms. The molecule has 11 heteroatoms. The standard InChI is InChI=1S/C12H10Cl2FN3O4S/c13-4-10(19)16-5-11-17-18-12(22-11)23(20,21)6-7-8(14)2-1-3-9(7)15/h1-3H,4-6H2,(H,16,19). The highest BCUT2D eigenvalue weighted by molar-refractivity contribution is 7.90. The van der Waals surface area contributed by atoms with Crippen LogP contribution in [0.25, 0.3) is 0 Å². The highest BCUT2D eigenvalue weighted by Gasteiger charge is 2.25. The minimum atomic E-state index is -4.09. The van der Waals surface area contributed by atoms with Crippen molar-refractivity contribution in [2.75, 3.05) is 5.88 Å². The average molecular weight is 382 g/mol. The normalized spacial score (nSPS) is 11.4. The first-order valence-corrected chi connectivity index (χ1v) is 8.70. The van der Waals surface area contributed by atoms with Crippen molar-refractivity contribution in [2.45, 2.75) is 17.5 Å². The van der Waals surface area contributed by atoms with E-state index in [0.717, 1.165) is 6.07 Å². The molecule has 0 saturated carbocycles. The van der Waals surface area contributed by atoms with Crippen molar-refractivity contribution in [1.29, 1.82) is 0 Å². The van der Waals surface area contributed by atoms with Crippen molar-refractivity contribution in [3.8, 4) is 0 Å².